The maximum atomic E-state index is 9.62. The Bertz CT molecular complexity index is 171. The third-order valence-corrected chi connectivity index (χ3v) is 1.35. The molecule has 0 spiro atoms. The molecule has 1 N–H and O–H groups in total. The minimum atomic E-state index is 0.461. The first-order chi connectivity index (χ1) is 5.35. The average molecular weight is 156 g/mol. The minimum Gasteiger partial charge on any atom is -0.411 e. The number of aliphatic imine (C=N–C) groups is 1. The number of isocyanates is 1. The average Bonchev–Trinajstić information content (AvgIpc) is 2.05. The second-order valence-electron chi connectivity index (χ2n) is 2.10. The molecule has 62 valence electrons. The summed E-state index contributed by atoms with van der Waals surface area (Å²) < 4.78 is 0. The number of oxime groups is 1. The summed E-state index contributed by atoms with van der Waals surface area (Å²) in [4.78, 5) is 13.0. The molecule has 0 aliphatic rings. The lowest BCUT2D eigenvalue weighted by molar-refractivity contribution is 0.316. The number of hydrogen-bond donors (Lipinski definition) is 1. The smallest absolute Gasteiger partial charge is 0.234 e. The molecule has 4 nitrogen and oxygen atoms in total. The summed E-state index contributed by atoms with van der Waals surface area (Å²) in [7, 11) is 0. The Kier molecular flexibility index (Phi) is 6.24. The van der Waals surface area contributed by atoms with E-state index in [0.29, 0.717) is 13.0 Å². The summed E-state index contributed by atoms with van der Waals surface area (Å²) in [6.07, 6.45) is 3.62. The Balaban J connectivity index is 3.44. The molecule has 0 rings (SSSR count). The van der Waals surface area contributed by atoms with E-state index in [9.17, 15) is 4.79 Å². The van der Waals surface area contributed by atoms with Crippen LogP contribution >= 0.6 is 0 Å². The van der Waals surface area contributed by atoms with Crippen molar-refractivity contribution in [1.82, 2.24) is 0 Å². The molecule has 0 saturated carbocycles. The monoisotopic (exact) mass is 156 g/mol. The first kappa shape index (κ1) is 9.85. The van der Waals surface area contributed by atoms with E-state index in [1.54, 1.807) is 0 Å². The Morgan fingerprint density at radius 1 is 1.64 bits per heavy atom. The third-order valence-electron chi connectivity index (χ3n) is 1.35. The normalized spacial score (nSPS) is 10.8. The predicted octanol–water partition coefficient (Wildman–Crippen LogP) is 1.34. The van der Waals surface area contributed by atoms with Crippen molar-refractivity contribution in [3.8, 4) is 0 Å². The third kappa shape index (κ3) is 5.30. The van der Waals surface area contributed by atoms with Crippen molar-refractivity contribution in [1.29, 1.82) is 0 Å². The number of nitrogens with zero attached hydrogens (tertiary/aromatic N) is 2. The molecule has 0 amide bonds. The highest BCUT2D eigenvalue weighted by molar-refractivity contribution is 5.83. The lowest BCUT2D eigenvalue weighted by atomic mass is 10.2. The summed E-state index contributed by atoms with van der Waals surface area (Å²) in [5.41, 5.74) is 0.742. The summed E-state index contributed by atoms with van der Waals surface area (Å²) in [5.74, 6) is 0. The van der Waals surface area contributed by atoms with Gasteiger partial charge in [0.15, 0.2) is 0 Å². The zero-order valence-corrected chi connectivity index (χ0v) is 6.58. The number of hydrogen-bond acceptors (Lipinski definition) is 4. The van der Waals surface area contributed by atoms with E-state index in [1.165, 1.54) is 6.08 Å². The van der Waals surface area contributed by atoms with Crippen LogP contribution in [0.1, 0.15) is 26.2 Å². The van der Waals surface area contributed by atoms with E-state index in [4.69, 9.17) is 5.21 Å². The van der Waals surface area contributed by atoms with Gasteiger partial charge in [-0.2, -0.15) is 0 Å². The van der Waals surface area contributed by atoms with Crippen LogP contribution in [0.3, 0.4) is 0 Å². The van der Waals surface area contributed by atoms with Crippen molar-refractivity contribution >= 4 is 11.8 Å². The standard InChI is InChI=1S/C7H12N2O2/c1-2-7(9-11)4-3-5-8-6-10/h11H,2-5H2,1H3. The summed E-state index contributed by atoms with van der Waals surface area (Å²) in [6, 6.07) is 0. The predicted molar refractivity (Wildman–Crippen MR) is 41.7 cm³/mol. The van der Waals surface area contributed by atoms with Crippen LogP contribution in [0.15, 0.2) is 10.1 Å². The van der Waals surface area contributed by atoms with E-state index in [2.05, 4.69) is 10.1 Å². The SMILES string of the molecule is CCC(CCCN=C=O)=NO. The highest BCUT2D eigenvalue weighted by Crippen LogP contribution is 1.96. The number of rotatable bonds is 5. The van der Waals surface area contributed by atoms with E-state index >= 15 is 0 Å². The fraction of sp³-hybridized carbons (Fsp3) is 0.714. The van der Waals surface area contributed by atoms with Gasteiger partial charge in [-0.05, 0) is 19.3 Å². The number of carbonyl (C=O) groups excluding carboxylic acids is 1. The molecule has 0 radical (unpaired) electrons. The maximum absolute atomic E-state index is 9.62. The van der Waals surface area contributed by atoms with Crippen LogP contribution in [0.4, 0.5) is 0 Å². The Morgan fingerprint density at radius 2 is 2.36 bits per heavy atom. The Morgan fingerprint density at radius 3 is 2.82 bits per heavy atom. The Hall–Kier alpha value is -1.15. The van der Waals surface area contributed by atoms with Gasteiger partial charge in [0.1, 0.15) is 0 Å². The van der Waals surface area contributed by atoms with Gasteiger partial charge in [-0.15, -0.1) is 0 Å². The lowest BCUT2D eigenvalue weighted by Crippen LogP contribution is -1.96. The highest BCUT2D eigenvalue weighted by atomic mass is 16.4. The fourth-order valence-electron chi connectivity index (χ4n) is 0.705. The zero-order chi connectivity index (χ0) is 8.53. The quantitative estimate of drug-likeness (QED) is 0.215. The molecule has 0 saturated heterocycles. The molecular weight excluding hydrogens is 144 g/mol. The molecule has 0 heterocycles. The van der Waals surface area contributed by atoms with Crippen LogP contribution in [0, 0.1) is 0 Å². The second kappa shape index (κ2) is 6.96. The van der Waals surface area contributed by atoms with Crippen LogP contribution in [0.25, 0.3) is 0 Å². The zero-order valence-electron chi connectivity index (χ0n) is 6.58. The van der Waals surface area contributed by atoms with Gasteiger partial charge >= 0.3 is 0 Å². The van der Waals surface area contributed by atoms with E-state index in [0.717, 1.165) is 18.6 Å². The molecule has 0 atom stereocenters. The van der Waals surface area contributed by atoms with Gasteiger partial charge in [0.05, 0.1) is 12.3 Å². The largest absolute Gasteiger partial charge is 0.411 e. The molecule has 0 fully saturated rings. The first-order valence-corrected chi connectivity index (χ1v) is 3.58. The molecule has 0 aliphatic heterocycles. The van der Waals surface area contributed by atoms with Crippen molar-refractivity contribution in [3.63, 3.8) is 0 Å². The van der Waals surface area contributed by atoms with Crippen molar-refractivity contribution in [2.45, 2.75) is 26.2 Å². The van der Waals surface area contributed by atoms with Gasteiger partial charge in [0, 0.05) is 0 Å². The second-order valence-corrected chi connectivity index (χ2v) is 2.10. The van der Waals surface area contributed by atoms with Gasteiger partial charge in [-0.3, -0.25) is 0 Å². The van der Waals surface area contributed by atoms with Crippen molar-refractivity contribution in [2.75, 3.05) is 6.54 Å². The van der Waals surface area contributed by atoms with Crippen molar-refractivity contribution in [2.24, 2.45) is 10.1 Å². The molecule has 0 aromatic heterocycles. The molecular formula is C7H12N2O2. The topological polar surface area (TPSA) is 62.0 Å². The van der Waals surface area contributed by atoms with Crippen LogP contribution in [-0.4, -0.2) is 23.5 Å². The van der Waals surface area contributed by atoms with Crippen LogP contribution in [0.5, 0.6) is 0 Å². The molecule has 0 aromatic rings. The summed E-state index contributed by atoms with van der Waals surface area (Å²) in [6.45, 7) is 2.38. The molecule has 0 bridgehead atoms. The first-order valence-electron chi connectivity index (χ1n) is 3.58. The molecule has 0 unspecified atom stereocenters. The highest BCUT2D eigenvalue weighted by Gasteiger charge is 1.95. The maximum Gasteiger partial charge on any atom is 0.234 e. The molecule has 4 heteroatoms. The Labute approximate surface area is 65.6 Å². The van der Waals surface area contributed by atoms with E-state index in [1.807, 2.05) is 6.92 Å². The summed E-state index contributed by atoms with van der Waals surface area (Å²) >= 11 is 0. The van der Waals surface area contributed by atoms with Crippen molar-refractivity contribution in [3.05, 3.63) is 0 Å². The summed E-state index contributed by atoms with van der Waals surface area (Å²) in [5, 5.41) is 11.4. The van der Waals surface area contributed by atoms with Crippen LogP contribution in [-0.2, 0) is 4.79 Å². The fourth-order valence-corrected chi connectivity index (χ4v) is 0.705. The van der Waals surface area contributed by atoms with Gasteiger partial charge < -0.3 is 5.21 Å². The van der Waals surface area contributed by atoms with E-state index in [-0.39, 0.29) is 0 Å². The van der Waals surface area contributed by atoms with Crippen LogP contribution < -0.4 is 0 Å². The van der Waals surface area contributed by atoms with E-state index < -0.39 is 0 Å². The minimum absolute atomic E-state index is 0.461. The molecule has 0 aromatic carbocycles. The van der Waals surface area contributed by atoms with Crippen molar-refractivity contribution < 1.29 is 10.0 Å². The molecule has 0 aliphatic carbocycles. The van der Waals surface area contributed by atoms with Crippen LogP contribution in [0.2, 0.25) is 0 Å². The van der Waals surface area contributed by atoms with Gasteiger partial charge in [0.2, 0.25) is 6.08 Å². The van der Waals surface area contributed by atoms with Gasteiger partial charge in [-0.25, -0.2) is 9.79 Å². The molecule has 11 heavy (non-hydrogen) atoms. The van der Waals surface area contributed by atoms with Gasteiger partial charge in [0.25, 0.3) is 0 Å². The lowest BCUT2D eigenvalue weighted by Gasteiger charge is -1.96. The van der Waals surface area contributed by atoms with Gasteiger partial charge in [-0.1, -0.05) is 12.1 Å².